The van der Waals surface area contributed by atoms with Crippen molar-refractivity contribution in [2.45, 2.75) is 33.2 Å². The van der Waals surface area contributed by atoms with E-state index >= 15 is 0 Å². The van der Waals surface area contributed by atoms with Gasteiger partial charge < -0.3 is 10.4 Å². The second kappa shape index (κ2) is 4.20. The smallest absolute Gasteiger partial charge is 0.176 e. The van der Waals surface area contributed by atoms with E-state index in [1.807, 2.05) is 27.0 Å². The van der Waals surface area contributed by atoms with E-state index in [0.29, 0.717) is 6.42 Å². The Morgan fingerprint density at radius 3 is 2.36 bits per heavy atom. The normalized spacial score (nSPS) is 13.7. The van der Waals surface area contributed by atoms with Crippen LogP contribution in [0.5, 0.6) is 0 Å². The molecule has 1 unspecified atom stereocenters. The largest absolute Gasteiger partial charge is 0.396 e. The first-order valence-corrected chi connectivity index (χ1v) is 3.78. The molecular weight excluding hydrogens is 140 g/mol. The van der Waals surface area contributed by atoms with Crippen LogP contribution in [0.3, 0.4) is 0 Å². The van der Waals surface area contributed by atoms with E-state index in [-0.39, 0.29) is 18.1 Å². The number of nitrogens with one attached hydrogen (secondary N) is 1. The molecule has 0 aromatic heterocycles. The Hall–Kier alpha value is -0.750. The van der Waals surface area contributed by atoms with E-state index in [9.17, 15) is 0 Å². The van der Waals surface area contributed by atoms with E-state index in [2.05, 4.69) is 5.32 Å². The Morgan fingerprint density at radius 1 is 1.55 bits per heavy atom. The predicted molar refractivity (Wildman–Crippen MR) is 43.7 cm³/mol. The highest BCUT2D eigenvalue weighted by molar-refractivity contribution is 4.85. The van der Waals surface area contributed by atoms with Crippen molar-refractivity contribution >= 4 is 0 Å². The van der Waals surface area contributed by atoms with Gasteiger partial charge in [-0.2, -0.15) is 5.26 Å². The van der Waals surface area contributed by atoms with Gasteiger partial charge in [-0.25, -0.2) is 0 Å². The lowest BCUT2D eigenvalue weighted by Gasteiger charge is -2.28. The van der Waals surface area contributed by atoms with E-state index in [1.54, 1.807) is 0 Å². The molecule has 0 radical (unpaired) electrons. The summed E-state index contributed by atoms with van der Waals surface area (Å²) >= 11 is 0. The zero-order chi connectivity index (χ0) is 8.91. The van der Waals surface area contributed by atoms with Crippen molar-refractivity contribution in [1.82, 2.24) is 5.32 Å². The minimum atomic E-state index is 0.0263. The summed E-state index contributed by atoms with van der Waals surface area (Å²) in [7, 11) is 0. The molecule has 0 amide bonds. The summed E-state index contributed by atoms with van der Waals surface area (Å²) in [5, 5.41) is 19.7. The molecule has 0 bridgehead atoms. The van der Waals surface area contributed by atoms with Crippen LogP contribution in [-0.2, 0) is 0 Å². The molecule has 0 fully saturated rings. The summed E-state index contributed by atoms with van der Waals surface area (Å²) in [6.07, 6.45) is 2.52. The minimum Gasteiger partial charge on any atom is -0.396 e. The molecule has 1 atom stereocenters. The Morgan fingerprint density at radius 2 is 2.09 bits per heavy atom. The molecule has 0 saturated carbocycles. The van der Waals surface area contributed by atoms with Crippen molar-refractivity contribution in [3.8, 4) is 6.19 Å². The quantitative estimate of drug-likeness (QED) is 0.470. The maximum absolute atomic E-state index is 8.68. The summed E-state index contributed by atoms with van der Waals surface area (Å²) < 4.78 is 0. The molecule has 0 rings (SSSR count). The van der Waals surface area contributed by atoms with Gasteiger partial charge in [0.2, 0.25) is 0 Å². The maximum Gasteiger partial charge on any atom is 0.176 e. The first kappa shape index (κ1) is 10.2. The number of rotatable bonds is 3. The monoisotopic (exact) mass is 156 g/mol. The number of aliphatic hydroxyl groups is 1. The molecule has 11 heavy (non-hydrogen) atoms. The van der Waals surface area contributed by atoms with Crippen molar-refractivity contribution in [2.24, 2.45) is 5.41 Å². The van der Waals surface area contributed by atoms with Crippen LogP contribution in [0.15, 0.2) is 0 Å². The average molecular weight is 156 g/mol. The van der Waals surface area contributed by atoms with Crippen LogP contribution in [0.2, 0.25) is 0 Å². The molecule has 0 saturated heterocycles. The summed E-state index contributed by atoms with van der Waals surface area (Å²) in [4.78, 5) is 0. The van der Waals surface area contributed by atoms with Crippen LogP contribution in [0.4, 0.5) is 0 Å². The fraction of sp³-hybridized carbons (Fsp3) is 0.875. The van der Waals surface area contributed by atoms with Gasteiger partial charge >= 0.3 is 0 Å². The molecular formula is C8H16N2O. The van der Waals surface area contributed by atoms with E-state index in [0.717, 1.165) is 0 Å². The maximum atomic E-state index is 8.68. The second-order valence-electron chi connectivity index (χ2n) is 3.69. The zero-order valence-corrected chi connectivity index (χ0v) is 7.39. The predicted octanol–water partition coefficient (Wildman–Crippen LogP) is 0.854. The standard InChI is InChI=1S/C8H16N2O/c1-8(2,3)7(4-5-11)10-6-9/h7,10-11H,4-5H2,1-3H3. The number of nitrogens with zero attached hydrogens (tertiary/aromatic N) is 1. The zero-order valence-electron chi connectivity index (χ0n) is 7.39. The van der Waals surface area contributed by atoms with Crippen LogP contribution in [0.25, 0.3) is 0 Å². The number of aliphatic hydroxyl groups excluding tert-OH is 1. The van der Waals surface area contributed by atoms with E-state index in [1.165, 1.54) is 0 Å². The molecule has 64 valence electrons. The van der Waals surface area contributed by atoms with Gasteiger partial charge in [0.05, 0.1) is 0 Å². The summed E-state index contributed by atoms with van der Waals surface area (Å²) in [5.41, 5.74) is 0.0263. The molecule has 0 heterocycles. The summed E-state index contributed by atoms with van der Waals surface area (Å²) in [5.74, 6) is 0. The number of hydrogen-bond donors (Lipinski definition) is 2. The first-order chi connectivity index (χ1) is 5.02. The summed E-state index contributed by atoms with van der Waals surface area (Å²) in [6, 6.07) is 0.0671. The van der Waals surface area contributed by atoms with Crippen LogP contribution >= 0.6 is 0 Å². The third kappa shape index (κ3) is 3.84. The molecule has 0 aromatic carbocycles. The van der Waals surface area contributed by atoms with Crippen molar-refractivity contribution < 1.29 is 5.11 Å². The summed E-state index contributed by atoms with van der Waals surface area (Å²) in [6.45, 7) is 6.24. The van der Waals surface area contributed by atoms with Crippen LogP contribution in [0.1, 0.15) is 27.2 Å². The van der Waals surface area contributed by atoms with Gasteiger partial charge in [0, 0.05) is 12.6 Å². The van der Waals surface area contributed by atoms with Crippen LogP contribution in [-0.4, -0.2) is 17.8 Å². The fourth-order valence-electron chi connectivity index (χ4n) is 0.929. The Balaban J connectivity index is 4.01. The van der Waals surface area contributed by atoms with Gasteiger partial charge in [-0.3, -0.25) is 0 Å². The molecule has 3 nitrogen and oxygen atoms in total. The van der Waals surface area contributed by atoms with Gasteiger partial charge in [0.1, 0.15) is 0 Å². The topological polar surface area (TPSA) is 56.0 Å². The fourth-order valence-corrected chi connectivity index (χ4v) is 0.929. The van der Waals surface area contributed by atoms with Gasteiger partial charge in [0.25, 0.3) is 0 Å². The highest BCUT2D eigenvalue weighted by Gasteiger charge is 2.23. The van der Waals surface area contributed by atoms with E-state index < -0.39 is 0 Å². The van der Waals surface area contributed by atoms with E-state index in [4.69, 9.17) is 10.4 Å². The Kier molecular flexibility index (Phi) is 3.91. The minimum absolute atomic E-state index is 0.0263. The van der Waals surface area contributed by atoms with Gasteiger partial charge in [0.15, 0.2) is 6.19 Å². The number of nitriles is 1. The Labute approximate surface area is 68.0 Å². The van der Waals surface area contributed by atoms with Crippen LogP contribution < -0.4 is 5.32 Å². The Bertz CT molecular complexity index is 143. The second-order valence-corrected chi connectivity index (χ2v) is 3.69. The third-order valence-corrected chi connectivity index (χ3v) is 1.70. The molecule has 3 heteroatoms. The number of hydrogen-bond acceptors (Lipinski definition) is 3. The molecule has 0 aliphatic rings. The molecule has 2 N–H and O–H groups in total. The lowest BCUT2D eigenvalue weighted by atomic mass is 9.85. The molecule has 0 aromatic rings. The average Bonchev–Trinajstić information content (AvgIpc) is 1.85. The van der Waals surface area contributed by atoms with Gasteiger partial charge in [-0.05, 0) is 11.8 Å². The SMILES string of the molecule is CC(C)(C)C(CCO)NC#N. The molecule has 0 aliphatic heterocycles. The third-order valence-electron chi connectivity index (χ3n) is 1.70. The highest BCUT2D eigenvalue weighted by Crippen LogP contribution is 2.20. The molecule has 0 spiro atoms. The van der Waals surface area contributed by atoms with Gasteiger partial charge in [-0.15, -0.1) is 0 Å². The van der Waals surface area contributed by atoms with Crippen molar-refractivity contribution in [2.75, 3.05) is 6.61 Å². The highest BCUT2D eigenvalue weighted by atomic mass is 16.3. The van der Waals surface area contributed by atoms with Crippen LogP contribution in [0, 0.1) is 16.9 Å². The first-order valence-electron chi connectivity index (χ1n) is 3.78. The van der Waals surface area contributed by atoms with Gasteiger partial charge in [-0.1, -0.05) is 20.8 Å². The van der Waals surface area contributed by atoms with Crippen molar-refractivity contribution in [3.63, 3.8) is 0 Å². The van der Waals surface area contributed by atoms with Crippen molar-refractivity contribution in [1.29, 1.82) is 5.26 Å². The lowest BCUT2D eigenvalue weighted by Crippen LogP contribution is -2.38. The van der Waals surface area contributed by atoms with Crippen molar-refractivity contribution in [3.05, 3.63) is 0 Å². The lowest BCUT2D eigenvalue weighted by molar-refractivity contribution is 0.210. The molecule has 0 aliphatic carbocycles.